The van der Waals surface area contributed by atoms with E-state index in [1.165, 1.54) is 11.3 Å². The fourth-order valence-corrected chi connectivity index (χ4v) is 2.91. The van der Waals surface area contributed by atoms with Crippen molar-refractivity contribution in [2.75, 3.05) is 12.8 Å². The Morgan fingerprint density at radius 2 is 2.00 bits per heavy atom. The molecule has 0 bridgehead atoms. The summed E-state index contributed by atoms with van der Waals surface area (Å²) in [5, 5.41) is 0.563. The molecule has 0 spiro atoms. The van der Waals surface area contributed by atoms with Crippen LogP contribution < -0.4 is 5.73 Å². The van der Waals surface area contributed by atoms with Crippen LogP contribution in [0.3, 0.4) is 0 Å². The number of anilines is 1. The number of methoxy groups -OCH3 is 1. The van der Waals surface area contributed by atoms with Gasteiger partial charge in [0.2, 0.25) is 0 Å². The summed E-state index contributed by atoms with van der Waals surface area (Å²) in [5.74, 6) is -0.0239. The molecule has 3 nitrogen and oxygen atoms in total. The van der Waals surface area contributed by atoms with Crippen LogP contribution in [0, 0.1) is 6.92 Å². The molecular weight excluding hydrogens is 246 g/mol. The molecule has 94 valence electrons. The van der Waals surface area contributed by atoms with Gasteiger partial charge >= 0.3 is 0 Å². The molecule has 0 unspecified atom stereocenters. The van der Waals surface area contributed by atoms with Gasteiger partial charge in [0.15, 0.2) is 5.78 Å². The van der Waals surface area contributed by atoms with Gasteiger partial charge in [-0.15, -0.1) is 11.3 Å². The van der Waals surface area contributed by atoms with Crippen LogP contribution in [0.2, 0.25) is 0 Å². The Labute approximate surface area is 110 Å². The summed E-state index contributed by atoms with van der Waals surface area (Å²) in [4.78, 5) is 13.4. The van der Waals surface area contributed by atoms with Gasteiger partial charge in [-0.05, 0) is 12.5 Å². The minimum Gasteiger partial charge on any atom is -0.390 e. The number of nitrogens with two attached hydrogens (primary N) is 1. The molecule has 2 aromatic rings. The molecule has 2 N–H and O–H groups in total. The Balaban J connectivity index is 2.43. The van der Waals surface area contributed by atoms with Crippen molar-refractivity contribution in [3.8, 4) is 0 Å². The van der Waals surface area contributed by atoms with E-state index in [4.69, 9.17) is 10.5 Å². The van der Waals surface area contributed by atoms with Crippen LogP contribution in [0.4, 0.5) is 5.00 Å². The number of ketones is 1. The molecule has 0 saturated carbocycles. The van der Waals surface area contributed by atoms with Gasteiger partial charge in [0.05, 0.1) is 17.2 Å². The maximum Gasteiger partial charge on any atom is 0.196 e. The van der Waals surface area contributed by atoms with Crippen LogP contribution in [0.25, 0.3) is 0 Å². The molecule has 0 aliphatic rings. The smallest absolute Gasteiger partial charge is 0.196 e. The lowest BCUT2D eigenvalue weighted by atomic mass is 10.0. The number of hydrogen-bond acceptors (Lipinski definition) is 4. The number of benzene rings is 1. The summed E-state index contributed by atoms with van der Waals surface area (Å²) in [6.07, 6.45) is 0. The summed E-state index contributed by atoms with van der Waals surface area (Å²) < 4.78 is 5.11. The van der Waals surface area contributed by atoms with Crippen LogP contribution in [-0.4, -0.2) is 12.9 Å². The predicted molar refractivity (Wildman–Crippen MR) is 74.1 cm³/mol. The van der Waals surface area contributed by atoms with E-state index in [1.807, 2.05) is 25.1 Å². The van der Waals surface area contributed by atoms with Crippen molar-refractivity contribution >= 4 is 22.1 Å². The number of carbonyl (C=O) groups excluding carboxylic acids is 1. The largest absolute Gasteiger partial charge is 0.390 e. The summed E-state index contributed by atoms with van der Waals surface area (Å²) in [6.45, 7) is 2.40. The molecule has 4 heteroatoms. The average molecular weight is 261 g/mol. The van der Waals surface area contributed by atoms with Crippen molar-refractivity contribution < 1.29 is 9.53 Å². The molecule has 0 aliphatic carbocycles. The van der Waals surface area contributed by atoms with Crippen LogP contribution in [0.5, 0.6) is 0 Å². The highest BCUT2D eigenvalue weighted by molar-refractivity contribution is 7.16. The lowest BCUT2D eigenvalue weighted by Crippen LogP contribution is -2.04. The quantitative estimate of drug-likeness (QED) is 0.861. The molecule has 1 aromatic heterocycles. The van der Waals surface area contributed by atoms with Crippen molar-refractivity contribution in [3.05, 3.63) is 51.9 Å². The standard InChI is InChI=1S/C14H15NO2S/c1-9-11(8-17-2)18-14(15)12(9)13(16)10-6-4-3-5-7-10/h3-7H,8,15H2,1-2H3. The third-order valence-corrected chi connectivity index (χ3v) is 3.91. The molecule has 0 saturated heterocycles. The zero-order valence-corrected chi connectivity index (χ0v) is 11.2. The minimum atomic E-state index is -0.0239. The Hall–Kier alpha value is -1.65. The van der Waals surface area contributed by atoms with E-state index in [9.17, 15) is 4.79 Å². The lowest BCUT2D eigenvalue weighted by Gasteiger charge is -2.02. The van der Waals surface area contributed by atoms with E-state index in [-0.39, 0.29) is 5.78 Å². The van der Waals surface area contributed by atoms with Crippen molar-refractivity contribution in [3.63, 3.8) is 0 Å². The van der Waals surface area contributed by atoms with E-state index < -0.39 is 0 Å². The van der Waals surface area contributed by atoms with Crippen molar-refractivity contribution in [2.24, 2.45) is 0 Å². The molecule has 0 fully saturated rings. The summed E-state index contributed by atoms with van der Waals surface area (Å²) in [5.41, 5.74) is 8.15. The number of nitrogen functional groups attached to an aromatic ring is 1. The third kappa shape index (κ3) is 2.30. The predicted octanol–water partition coefficient (Wildman–Crippen LogP) is 3.02. The lowest BCUT2D eigenvalue weighted by molar-refractivity contribution is 0.103. The molecule has 1 aromatic carbocycles. The first-order chi connectivity index (χ1) is 8.65. The first kappa shape index (κ1) is 12.8. The third-order valence-electron chi connectivity index (χ3n) is 2.81. The summed E-state index contributed by atoms with van der Waals surface area (Å²) in [6, 6.07) is 9.18. The van der Waals surface area contributed by atoms with Crippen LogP contribution in [-0.2, 0) is 11.3 Å². The Morgan fingerprint density at radius 3 is 2.61 bits per heavy atom. The second-order valence-corrected chi connectivity index (χ2v) is 5.15. The molecule has 2 rings (SSSR count). The summed E-state index contributed by atoms with van der Waals surface area (Å²) >= 11 is 1.42. The van der Waals surface area contributed by atoms with E-state index in [2.05, 4.69) is 0 Å². The zero-order valence-electron chi connectivity index (χ0n) is 10.4. The molecule has 0 atom stereocenters. The first-order valence-electron chi connectivity index (χ1n) is 5.61. The molecule has 0 radical (unpaired) electrons. The topological polar surface area (TPSA) is 52.3 Å². The fraction of sp³-hybridized carbons (Fsp3) is 0.214. The van der Waals surface area contributed by atoms with Gasteiger partial charge in [-0.25, -0.2) is 0 Å². The van der Waals surface area contributed by atoms with E-state index >= 15 is 0 Å². The van der Waals surface area contributed by atoms with Crippen molar-refractivity contribution in [1.82, 2.24) is 0 Å². The van der Waals surface area contributed by atoms with Gasteiger partial charge in [0.25, 0.3) is 0 Å². The number of hydrogen-bond donors (Lipinski definition) is 1. The fourth-order valence-electron chi connectivity index (χ4n) is 1.87. The highest BCUT2D eigenvalue weighted by Crippen LogP contribution is 2.32. The van der Waals surface area contributed by atoms with Gasteiger partial charge in [-0.1, -0.05) is 30.3 Å². The van der Waals surface area contributed by atoms with Crippen molar-refractivity contribution in [2.45, 2.75) is 13.5 Å². The molecule has 1 heterocycles. The monoisotopic (exact) mass is 261 g/mol. The number of ether oxygens (including phenoxy) is 1. The number of rotatable bonds is 4. The van der Waals surface area contributed by atoms with E-state index in [1.54, 1.807) is 19.2 Å². The van der Waals surface area contributed by atoms with Crippen molar-refractivity contribution in [1.29, 1.82) is 0 Å². The first-order valence-corrected chi connectivity index (χ1v) is 6.43. The SMILES string of the molecule is COCc1sc(N)c(C(=O)c2ccccc2)c1C. The Morgan fingerprint density at radius 1 is 1.33 bits per heavy atom. The Kier molecular flexibility index (Phi) is 3.79. The highest BCUT2D eigenvalue weighted by Gasteiger charge is 2.20. The molecule has 18 heavy (non-hydrogen) atoms. The average Bonchev–Trinajstić information content (AvgIpc) is 2.65. The normalized spacial score (nSPS) is 10.6. The summed E-state index contributed by atoms with van der Waals surface area (Å²) in [7, 11) is 1.63. The van der Waals surface area contributed by atoms with Crippen LogP contribution in [0.15, 0.2) is 30.3 Å². The van der Waals surface area contributed by atoms with Gasteiger partial charge in [0.1, 0.15) is 0 Å². The molecule has 0 aliphatic heterocycles. The second kappa shape index (κ2) is 5.33. The maximum absolute atomic E-state index is 12.4. The minimum absolute atomic E-state index is 0.0239. The van der Waals surface area contributed by atoms with Gasteiger partial charge in [0, 0.05) is 17.6 Å². The second-order valence-electron chi connectivity index (χ2n) is 4.02. The van der Waals surface area contributed by atoms with Gasteiger partial charge in [-0.2, -0.15) is 0 Å². The molecule has 0 amide bonds. The van der Waals surface area contributed by atoms with E-state index in [0.717, 1.165) is 10.4 Å². The van der Waals surface area contributed by atoms with Gasteiger partial charge < -0.3 is 10.5 Å². The van der Waals surface area contributed by atoms with Gasteiger partial charge in [-0.3, -0.25) is 4.79 Å². The maximum atomic E-state index is 12.4. The highest BCUT2D eigenvalue weighted by atomic mass is 32.1. The number of thiophene rings is 1. The molecular formula is C14H15NO2S. The van der Waals surface area contributed by atoms with Crippen LogP contribution >= 0.6 is 11.3 Å². The zero-order chi connectivity index (χ0) is 13.1. The Bertz CT molecular complexity index is 561. The van der Waals surface area contributed by atoms with E-state index in [0.29, 0.717) is 22.7 Å². The van der Waals surface area contributed by atoms with Crippen LogP contribution in [0.1, 0.15) is 26.4 Å². The number of carbonyl (C=O) groups is 1.